The molecule has 0 radical (unpaired) electrons. The average Bonchev–Trinajstić information content (AvgIpc) is 3.01. The number of hydrazone groups is 1. The monoisotopic (exact) mass is 426 g/mol. The molecule has 30 heavy (non-hydrogen) atoms. The van der Waals surface area contributed by atoms with Gasteiger partial charge in [-0.25, -0.2) is 9.82 Å². The SMILES string of the molecule is Cc1cc(/C=N\NC(=O)C(=O)NCc2ccc(Cl)cc2)c(C)n1-c1ccccc1F. The minimum absolute atomic E-state index is 0.191. The number of amides is 2. The molecule has 154 valence electrons. The first-order valence-electron chi connectivity index (χ1n) is 9.16. The van der Waals surface area contributed by atoms with E-state index in [9.17, 15) is 14.0 Å². The molecule has 3 aromatic rings. The summed E-state index contributed by atoms with van der Waals surface area (Å²) in [4.78, 5) is 23.8. The number of carbonyl (C=O) groups excluding carboxylic acids is 2. The summed E-state index contributed by atoms with van der Waals surface area (Å²) in [6.45, 7) is 3.86. The molecule has 8 heteroatoms. The molecule has 2 amide bonds. The first kappa shape index (κ1) is 21.3. The van der Waals surface area contributed by atoms with Gasteiger partial charge in [0.15, 0.2) is 0 Å². The lowest BCUT2D eigenvalue weighted by Gasteiger charge is -2.10. The summed E-state index contributed by atoms with van der Waals surface area (Å²) in [6.07, 6.45) is 1.42. The topological polar surface area (TPSA) is 75.5 Å². The van der Waals surface area contributed by atoms with Crippen molar-refractivity contribution in [1.29, 1.82) is 0 Å². The molecule has 0 aliphatic heterocycles. The van der Waals surface area contributed by atoms with Gasteiger partial charge in [-0.3, -0.25) is 9.59 Å². The van der Waals surface area contributed by atoms with Gasteiger partial charge in [0, 0.05) is 28.5 Å². The highest BCUT2D eigenvalue weighted by Crippen LogP contribution is 2.21. The van der Waals surface area contributed by atoms with Gasteiger partial charge in [-0.2, -0.15) is 5.10 Å². The van der Waals surface area contributed by atoms with Gasteiger partial charge in [-0.1, -0.05) is 35.9 Å². The molecule has 0 aliphatic rings. The summed E-state index contributed by atoms with van der Waals surface area (Å²) in [5, 5.41) is 6.95. The molecule has 0 unspecified atom stereocenters. The van der Waals surface area contributed by atoms with Crippen LogP contribution in [0.15, 0.2) is 59.7 Å². The highest BCUT2D eigenvalue weighted by molar-refractivity contribution is 6.35. The fraction of sp³-hybridized carbons (Fsp3) is 0.136. The molecule has 0 fully saturated rings. The van der Waals surface area contributed by atoms with Gasteiger partial charge in [-0.15, -0.1) is 0 Å². The standard InChI is InChI=1S/C22H20ClFN4O2/c1-14-11-17(15(2)28(14)20-6-4-3-5-19(20)24)13-26-27-22(30)21(29)25-12-16-7-9-18(23)10-8-16/h3-11,13H,12H2,1-2H3,(H,25,29)(H,27,30)/b26-13-. The smallest absolute Gasteiger partial charge is 0.329 e. The highest BCUT2D eigenvalue weighted by atomic mass is 35.5. The Kier molecular flexibility index (Phi) is 6.64. The predicted molar refractivity (Wildman–Crippen MR) is 114 cm³/mol. The number of nitrogens with zero attached hydrogens (tertiary/aromatic N) is 2. The third kappa shape index (κ3) is 4.93. The van der Waals surface area contributed by atoms with Gasteiger partial charge in [0.25, 0.3) is 0 Å². The molecule has 0 saturated heterocycles. The van der Waals surface area contributed by atoms with Gasteiger partial charge in [0.05, 0.1) is 11.9 Å². The summed E-state index contributed by atoms with van der Waals surface area (Å²) < 4.78 is 15.9. The molecule has 2 N–H and O–H groups in total. The van der Waals surface area contributed by atoms with Crippen LogP contribution in [0.3, 0.4) is 0 Å². The van der Waals surface area contributed by atoms with Crippen LogP contribution < -0.4 is 10.7 Å². The normalized spacial score (nSPS) is 10.9. The number of para-hydroxylation sites is 1. The van der Waals surface area contributed by atoms with E-state index in [1.54, 1.807) is 47.0 Å². The summed E-state index contributed by atoms with van der Waals surface area (Å²) in [5.74, 6) is -2.03. The van der Waals surface area contributed by atoms with Crippen molar-refractivity contribution in [3.05, 3.63) is 88.0 Å². The van der Waals surface area contributed by atoms with Crippen LogP contribution in [0.4, 0.5) is 4.39 Å². The Labute approximate surface area is 178 Å². The molecule has 1 aromatic heterocycles. The summed E-state index contributed by atoms with van der Waals surface area (Å²) in [6, 6.07) is 15.2. The summed E-state index contributed by atoms with van der Waals surface area (Å²) in [5.41, 5.74) is 5.69. The summed E-state index contributed by atoms with van der Waals surface area (Å²) in [7, 11) is 0. The van der Waals surface area contributed by atoms with Gasteiger partial charge in [0.2, 0.25) is 0 Å². The van der Waals surface area contributed by atoms with Crippen LogP contribution in [-0.4, -0.2) is 22.6 Å². The van der Waals surface area contributed by atoms with Gasteiger partial charge in [-0.05, 0) is 49.7 Å². The van der Waals surface area contributed by atoms with Crippen LogP contribution in [0.2, 0.25) is 5.02 Å². The first-order valence-corrected chi connectivity index (χ1v) is 9.54. The van der Waals surface area contributed by atoms with Crippen molar-refractivity contribution >= 4 is 29.6 Å². The lowest BCUT2D eigenvalue weighted by Crippen LogP contribution is -2.37. The van der Waals surface area contributed by atoms with Crippen LogP contribution in [0.5, 0.6) is 0 Å². The Balaban J connectivity index is 1.61. The Morgan fingerprint density at radius 1 is 1.10 bits per heavy atom. The Morgan fingerprint density at radius 3 is 2.50 bits per heavy atom. The number of hydrogen-bond donors (Lipinski definition) is 2. The van der Waals surface area contributed by atoms with Crippen molar-refractivity contribution in [2.24, 2.45) is 5.10 Å². The van der Waals surface area contributed by atoms with Crippen LogP contribution in [0.1, 0.15) is 22.5 Å². The van der Waals surface area contributed by atoms with E-state index in [4.69, 9.17) is 11.6 Å². The van der Waals surface area contributed by atoms with E-state index in [2.05, 4.69) is 15.8 Å². The van der Waals surface area contributed by atoms with E-state index < -0.39 is 11.8 Å². The number of aryl methyl sites for hydroxylation is 1. The lowest BCUT2D eigenvalue weighted by atomic mass is 10.2. The van der Waals surface area contributed by atoms with E-state index in [0.29, 0.717) is 16.3 Å². The molecule has 0 bridgehead atoms. The molecular formula is C22H20ClFN4O2. The van der Waals surface area contributed by atoms with Crippen LogP contribution >= 0.6 is 11.6 Å². The van der Waals surface area contributed by atoms with E-state index >= 15 is 0 Å². The minimum atomic E-state index is -0.886. The predicted octanol–water partition coefficient (Wildman–Crippen LogP) is 3.65. The Bertz CT molecular complexity index is 1110. The Morgan fingerprint density at radius 2 is 1.80 bits per heavy atom. The zero-order valence-corrected chi connectivity index (χ0v) is 17.2. The zero-order chi connectivity index (χ0) is 21.7. The largest absolute Gasteiger partial charge is 0.344 e. The molecule has 3 rings (SSSR count). The zero-order valence-electron chi connectivity index (χ0n) is 16.4. The average molecular weight is 427 g/mol. The Hall–Kier alpha value is -3.45. The molecule has 0 aliphatic carbocycles. The molecule has 0 saturated carbocycles. The maximum absolute atomic E-state index is 14.1. The first-order chi connectivity index (χ1) is 14.4. The number of nitrogens with one attached hydrogen (secondary N) is 2. The van der Waals surface area contributed by atoms with Crippen molar-refractivity contribution < 1.29 is 14.0 Å². The number of carbonyl (C=O) groups is 2. The van der Waals surface area contributed by atoms with Crippen molar-refractivity contribution in [3.63, 3.8) is 0 Å². The fourth-order valence-electron chi connectivity index (χ4n) is 3.00. The second-order valence-corrected chi connectivity index (χ2v) is 7.06. The molecular weight excluding hydrogens is 407 g/mol. The number of rotatable bonds is 5. The lowest BCUT2D eigenvalue weighted by molar-refractivity contribution is -0.139. The van der Waals surface area contributed by atoms with Gasteiger partial charge >= 0.3 is 11.8 Å². The van der Waals surface area contributed by atoms with E-state index in [-0.39, 0.29) is 12.4 Å². The van der Waals surface area contributed by atoms with E-state index in [1.165, 1.54) is 12.3 Å². The molecule has 6 nitrogen and oxygen atoms in total. The van der Waals surface area contributed by atoms with Crippen LogP contribution in [-0.2, 0) is 16.1 Å². The molecule has 0 atom stereocenters. The van der Waals surface area contributed by atoms with E-state index in [0.717, 1.165) is 17.0 Å². The third-order valence-corrected chi connectivity index (χ3v) is 4.76. The number of hydrogen-bond acceptors (Lipinski definition) is 3. The molecule has 1 heterocycles. The molecule has 2 aromatic carbocycles. The number of aromatic nitrogens is 1. The third-order valence-electron chi connectivity index (χ3n) is 4.51. The molecule has 0 spiro atoms. The van der Waals surface area contributed by atoms with Gasteiger partial charge in [0.1, 0.15) is 5.82 Å². The van der Waals surface area contributed by atoms with Crippen molar-refractivity contribution in [2.45, 2.75) is 20.4 Å². The number of benzene rings is 2. The van der Waals surface area contributed by atoms with Gasteiger partial charge < -0.3 is 9.88 Å². The number of halogens is 2. The van der Waals surface area contributed by atoms with Crippen molar-refractivity contribution in [1.82, 2.24) is 15.3 Å². The second kappa shape index (κ2) is 9.37. The summed E-state index contributed by atoms with van der Waals surface area (Å²) >= 11 is 5.81. The highest BCUT2D eigenvalue weighted by Gasteiger charge is 2.14. The minimum Gasteiger partial charge on any atom is -0.344 e. The second-order valence-electron chi connectivity index (χ2n) is 6.62. The van der Waals surface area contributed by atoms with Crippen molar-refractivity contribution in [2.75, 3.05) is 0 Å². The van der Waals surface area contributed by atoms with Crippen molar-refractivity contribution in [3.8, 4) is 5.69 Å². The maximum atomic E-state index is 14.1. The quantitative estimate of drug-likeness (QED) is 0.371. The maximum Gasteiger partial charge on any atom is 0.329 e. The fourth-order valence-corrected chi connectivity index (χ4v) is 3.12. The van der Waals surface area contributed by atoms with Crippen LogP contribution in [0, 0.1) is 19.7 Å². The van der Waals surface area contributed by atoms with Crippen LogP contribution in [0.25, 0.3) is 5.69 Å². The van der Waals surface area contributed by atoms with E-state index in [1.807, 2.05) is 19.9 Å².